The zero-order chi connectivity index (χ0) is 19.2. The summed E-state index contributed by atoms with van der Waals surface area (Å²) in [6, 6.07) is 7.68. The maximum atomic E-state index is 14.7. The topological polar surface area (TPSA) is 65.6 Å². The van der Waals surface area contributed by atoms with Gasteiger partial charge >= 0.3 is 0 Å². The highest BCUT2D eigenvalue weighted by atomic mass is 19.1. The summed E-state index contributed by atoms with van der Waals surface area (Å²) >= 11 is 0. The van der Waals surface area contributed by atoms with Crippen LogP contribution in [0.25, 0.3) is 10.9 Å². The predicted molar refractivity (Wildman–Crippen MR) is 99.4 cm³/mol. The van der Waals surface area contributed by atoms with Gasteiger partial charge in [0.1, 0.15) is 5.69 Å². The molecule has 0 radical (unpaired) electrons. The van der Waals surface area contributed by atoms with Crippen molar-refractivity contribution in [2.24, 2.45) is 0 Å². The molecular formula is C20H24FN3O3. The highest BCUT2D eigenvalue weighted by Crippen LogP contribution is 2.28. The van der Waals surface area contributed by atoms with Gasteiger partial charge in [-0.2, -0.15) is 0 Å². The van der Waals surface area contributed by atoms with Gasteiger partial charge in [0, 0.05) is 37.5 Å². The van der Waals surface area contributed by atoms with E-state index in [1.807, 2.05) is 31.2 Å². The zero-order valence-corrected chi connectivity index (χ0v) is 15.6. The molecule has 2 aliphatic rings. The SMILES string of the molecule is Cc1ccc2cc(C(=O)N3CCC(N(C)C(=O)C4(F)CCOC4)C3)[nH]c2c1. The van der Waals surface area contributed by atoms with Crippen molar-refractivity contribution < 1.29 is 18.7 Å². The minimum atomic E-state index is -1.93. The van der Waals surface area contributed by atoms with Gasteiger partial charge in [0.25, 0.3) is 11.8 Å². The number of alkyl halides is 1. The number of aromatic nitrogens is 1. The van der Waals surface area contributed by atoms with E-state index in [4.69, 9.17) is 4.74 Å². The summed E-state index contributed by atoms with van der Waals surface area (Å²) in [4.78, 5) is 31.7. The van der Waals surface area contributed by atoms with Gasteiger partial charge in [-0.25, -0.2) is 4.39 Å². The number of nitrogens with zero attached hydrogens (tertiary/aromatic N) is 2. The molecule has 3 heterocycles. The Bertz CT molecular complexity index is 888. The van der Waals surface area contributed by atoms with Crippen molar-refractivity contribution in [1.82, 2.24) is 14.8 Å². The number of amides is 2. The number of rotatable bonds is 3. The van der Waals surface area contributed by atoms with Crippen LogP contribution >= 0.6 is 0 Å². The van der Waals surface area contributed by atoms with Crippen molar-refractivity contribution in [1.29, 1.82) is 0 Å². The molecule has 2 aromatic rings. The van der Waals surface area contributed by atoms with E-state index in [-0.39, 0.29) is 31.6 Å². The first kappa shape index (κ1) is 18.0. The second-order valence-electron chi connectivity index (χ2n) is 7.65. The quantitative estimate of drug-likeness (QED) is 0.898. The maximum Gasteiger partial charge on any atom is 0.270 e. The van der Waals surface area contributed by atoms with Gasteiger partial charge in [-0.3, -0.25) is 9.59 Å². The standard InChI is InChI=1S/C20H24FN3O3/c1-13-3-4-14-10-17(22-16(14)9-13)18(25)24-7-5-15(11-24)23(2)19(26)20(21)6-8-27-12-20/h3-4,9-10,15,22H,5-8,11-12H2,1-2H3. The van der Waals surface area contributed by atoms with Crippen LogP contribution in [0, 0.1) is 6.92 Å². The number of H-pyrrole nitrogens is 1. The van der Waals surface area contributed by atoms with Crippen molar-refractivity contribution in [2.45, 2.75) is 31.5 Å². The smallest absolute Gasteiger partial charge is 0.270 e. The Labute approximate surface area is 157 Å². The first-order valence-corrected chi connectivity index (χ1v) is 9.30. The molecule has 4 rings (SSSR count). The van der Waals surface area contributed by atoms with Gasteiger partial charge in [-0.1, -0.05) is 12.1 Å². The third-order valence-corrected chi connectivity index (χ3v) is 5.68. The number of carbonyl (C=O) groups is 2. The molecular weight excluding hydrogens is 349 g/mol. The van der Waals surface area contributed by atoms with Crippen LogP contribution in [-0.4, -0.2) is 71.7 Å². The number of aromatic amines is 1. The van der Waals surface area contributed by atoms with Crippen LogP contribution in [0.3, 0.4) is 0 Å². The Morgan fingerprint density at radius 3 is 2.93 bits per heavy atom. The zero-order valence-electron chi connectivity index (χ0n) is 15.6. The third kappa shape index (κ3) is 3.20. The Morgan fingerprint density at radius 2 is 2.19 bits per heavy atom. The lowest BCUT2D eigenvalue weighted by molar-refractivity contribution is -0.144. The molecule has 144 valence electrons. The van der Waals surface area contributed by atoms with Crippen LogP contribution in [-0.2, 0) is 9.53 Å². The first-order valence-electron chi connectivity index (χ1n) is 9.30. The number of halogens is 1. The van der Waals surface area contributed by atoms with E-state index >= 15 is 0 Å². The van der Waals surface area contributed by atoms with Crippen LogP contribution in [0.5, 0.6) is 0 Å². The van der Waals surface area contributed by atoms with Crippen LogP contribution in [0.2, 0.25) is 0 Å². The highest BCUT2D eigenvalue weighted by Gasteiger charge is 2.46. The molecule has 0 bridgehead atoms. The molecule has 2 aliphatic heterocycles. The average Bonchev–Trinajstić information content (AvgIpc) is 3.39. The lowest BCUT2D eigenvalue weighted by Gasteiger charge is -2.29. The summed E-state index contributed by atoms with van der Waals surface area (Å²) in [6.45, 7) is 3.05. The molecule has 2 amide bonds. The largest absolute Gasteiger partial charge is 0.377 e. The molecule has 0 spiro atoms. The van der Waals surface area contributed by atoms with Crippen molar-refractivity contribution >= 4 is 22.7 Å². The lowest BCUT2D eigenvalue weighted by atomic mass is 10.0. The average molecular weight is 373 g/mol. The second kappa shape index (κ2) is 6.64. The number of fused-ring (bicyclic) bond motifs is 1. The Kier molecular flexibility index (Phi) is 4.42. The number of likely N-dealkylation sites (N-methyl/N-ethyl adjacent to an activating group) is 1. The molecule has 2 saturated heterocycles. The van der Waals surface area contributed by atoms with Gasteiger partial charge in [0.05, 0.1) is 19.3 Å². The minimum Gasteiger partial charge on any atom is -0.377 e. The van der Waals surface area contributed by atoms with Gasteiger partial charge in [0.15, 0.2) is 0 Å². The van der Waals surface area contributed by atoms with E-state index < -0.39 is 11.6 Å². The molecule has 0 aliphatic carbocycles. The minimum absolute atomic E-state index is 0.0913. The predicted octanol–water partition coefficient (Wildman–Crippen LogP) is 2.28. The van der Waals surface area contributed by atoms with Crippen molar-refractivity contribution in [2.75, 3.05) is 33.4 Å². The summed E-state index contributed by atoms with van der Waals surface area (Å²) in [5.74, 6) is -0.633. The molecule has 6 nitrogen and oxygen atoms in total. The van der Waals surface area contributed by atoms with Crippen LogP contribution in [0.1, 0.15) is 28.9 Å². The number of hydrogen-bond acceptors (Lipinski definition) is 3. The van der Waals surface area contributed by atoms with Crippen LogP contribution < -0.4 is 0 Å². The van der Waals surface area contributed by atoms with Crippen molar-refractivity contribution in [3.63, 3.8) is 0 Å². The number of aryl methyl sites for hydroxylation is 1. The van der Waals surface area contributed by atoms with Gasteiger partial charge in [-0.05, 0) is 31.0 Å². The normalized spacial score (nSPS) is 25.3. The molecule has 1 N–H and O–H groups in total. The molecule has 2 unspecified atom stereocenters. The van der Waals surface area contributed by atoms with Crippen LogP contribution in [0.15, 0.2) is 24.3 Å². The monoisotopic (exact) mass is 373 g/mol. The second-order valence-corrected chi connectivity index (χ2v) is 7.65. The van der Waals surface area contributed by atoms with E-state index in [1.54, 1.807) is 11.9 Å². The number of hydrogen-bond donors (Lipinski definition) is 1. The van der Waals surface area contributed by atoms with Gasteiger partial charge in [0.2, 0.25) is 5.67 Å². The van der Waals surface area contributed by atoms with Gasteiger partial charge in [-0.15, -0.1) is 0 Å². The van der Waals surface area contributed by atoms with E-state index in [1.165, 1.54) is 4.90 Å². The number of nitrogens with one attached hydrogen (secondary N) is 1. The maximum absolute atomic E-state index is 14.7. The van der Waals surface area contributed by atoms with Crippen molar-refractivity contribution in [3.8, 4) is 0 Å². The lowest BCUT2D eigenvalue weighted by Crippen LogP contribution is -2.50. The Hall–Kier alpha value is -2.41. The summed E-state index contributed by atoms with van der Waals surface area (Å²) in [6.07, 6.45) is 0.740. The number of likely N-dealkylation sites (tertiary alicyclic amines) is 1. The molecule has 2 atom stereocenters. The number of benzene rings is 1. The molecule has 1 aromatic carbocycles. The first-order chi connectivity index (χ1) is 12.9. The highest BCUT2D eigenvalue weighted by molar-refractivity contribution is 5.98. The van der Waals surface area contributed by atoms with E-state index in [0.29, 0.717) is 25.2 Å². The van der Waals surface area contributed by atoms with Crippen LogP contribution in [0.4, 0.5) is 4.39 Å². The fourth-order valence-corrected chi connectivity index (χ4v) is 3.96. The fraction of sp³-hybridized carbons (Fsp3) is 0.500. The molecule has 27 heavy (non-hydrogen) atoms. The van der Waals surface area contributed by atoms with E-state index in [2.05, 4.69) is 4.98 Å². The van der Waals surface area contributed by atoms with E-state index in [9.17, 15) is 14.0 Å². The Morgan fingerprint density at radius 1 is 1.37 bits per heavy atom. The number of ether oxygens (including phenoxy) is 1. The molecule has 7 heteroatoms. The van der Waals surface area contributed by atoms with Gasteiger partial charge < -0.3 is 19.5 Å². The molecule has 1 aromatic heterocycles. The summed E-state index contributed by atoms with van der Waals surface area (Å²) < 4.78 is 19.7. The summed E-state index contributed by atoms with van der Waals surface area (Å²) in [5.41, 5.74) is 0.667. The number of carbonyl (C=O) groups excluding carboxylic acids is 2. The summed E-state index contributed by atoms with van der Waals surface area (Å²) in [5, 5.41) is 0.993. The third-order valence-electron chi connectivity index (χ3n) is 5.68. The molecule has 0 saturated carbocycles. The van der Waals surface area contributed by atoms with E-state index in [0.717, 1.165) is 16.5 Å². The fourth-order valence-electron chi connectivity index (χ4n) is 3.96. The molecule has 2 fully saturated rings. The summed E-state index contributed by atoms with van der Waals surface area (Å²) in [7, 11) is 1.62. The Balaban J connectivity index is 1.45. The van der Waals surface area contributed by atoms with Crippen molar-refractivity contribution in [3.05, 3.63) is 35.5 Å².